The highest BCUT2D eigenvalue weighted by atomic mass is 16.7. The van der Waals surface area contributed by atoms with Gasteiger partial charge in [0.1, 0.15) is 18.3 Å². The van der Waals surface area contributed by atoms with E-state index < -0.39 is 11.9 Å². The van der Waals surface area contributed by atoms with Gasteiger partial charge in [-0.2, -0.15) is 0 Å². The van der Waals surface area contributed by atoms with Crippen molar-refractivity contribution >= 4 is 5.97 Å². The van der Waals surface area contributed by atoms with E-state index in [9.17, 15) is 9.90 Å². The van der Waals surface area contributed by atoms with E-state index in [0.29, 0.717) is 19.6 Å². The fourth-order valence-electron chi connectivity index (χ4n) is 2.23. The van der Waals surface area contributed by atoms with Gasteiger partial charge in [0.05, 0.1) is 26.2 Å². The second-order valence-corrected chi connectivity index (χ2v) is 4.77. The van der Waals surface area contributed by atoms with Crippen LogP contribution in [0.15, 0.2) is 0 Å². The topological polar surface area (TPSA) is 74.2 Å². The van der Waals surface area contributed by atoms with E-state index in [2.05, 4.69) is 0 Å². The maximum Gasteiger partial charge on any atom is 0.305 e. The third kappa shape index (κ3) is 3.00. The van der Waals surface area contributed by atoms with Crippen LogP contribution in [0.1, 0.15) is 26.7 Å². The molecule has 0 aromatic heterocycles. The van der Waals surface area contributed by atoms with Crippen LogP contribution in [-0.4, -0.2) is 55.0 Å². The minimum absolute atomic E-state index is 0.212. The Balaban J connectivity index is 1.86. The third-order valence-corrected chi connectivity index (χ3v) is 3.25. The van der Waals surface area contributed by atoms with Crippen LogP contribution < -0.4 is 0 Å². The Labute approximate surface area is 106 Å². The summed E-state index contributed by atoms with van der Waals surface area (Å²) in [6.07, 6.45) is -0.567. The van der Waals surface area contributed by atoms with Crippen LogP contribution in [0.25, 0.3) is 0 Å². The lowest BCUT2D eigenvalue weighted by molar-refractivity contribution is -0.311. The number of carbonyl (C=O) groups is 1. The average molecular weight is 260 g/mol. The zero-order valence-electron chi connectivity index (χ0n) is 10.8. The Morgan fingerprint density at radius 2 is 2.28 bits per heavy atom. The van der Waals surface area contributed by atoms with Crippen LogP contribution in [0.4, 0.5) is 0 Å². The monoisotopic (exact) mass is 260 g/mol. The molecule has 2 saturated heterocycles. The van der Waals surface area contributed by atoms with Crippen LogP contribution in [0.5, 0.6) is 0 Å². The molecule has 2 heterocycles. The minimum Gasteiger partial charge on any atom is -0.466 e. The first-order chi connectivity index (χ1) is 8.54. The largest absolute Gasteiger partial charge is 0.466 e. The molecule has 0 radical (unpaired) electrons. The summed E-state index contributed by atoms with van der Waals surface area (Å²) in [5.41, 5.74) is 0. The molecule has 0 saturated carbocycles. The van der Waals surface area contributed by atoms with Crippen molar-refractivity contribution in [2.45, 2.75) is 50.8 Å². The summed E-state index contributed by atoms with van der Waals surface area (Å²) in [5, 5.41) is 9.72. The molecule has 0 bridgehead atoms. The van der Waals surface area contributed by atoms with Gasteiger partial charge in [0.25, 0.3) is 0 Å². The van der Waals surface area contributed by atoms with Crippen molar-refractivity contribution < 1.29 is 28.8 Å². The number of hydrogen-bond donors (Lipinski definition) is 1. The van der Waals surface area contributed by atoms with Gasteiger partial charge in [-0.25, -0.2) is 0 Å². The van der Waals surface area contributed by atoms with E-state index in [-0.39, 0.29) is 31.2 Å². The lowest BCUT2D eigenvalue weighted by Gasteiger charge is -2.40. The van der Waals surface area contributed by atoms with Gasteiger partial charge >= 0.3 is 5.97 Å². The average Bonchev–Trinajstić information content (AvgIpc) is 2.69. The quantitative estimate of drug-likeness (QED) is 0.729. The number of fused-ring (bicyclic) bond motifs is 1. The van der Waals surface area contributed by atoms with Crippen LogP contribution in [0.3, 0.4) is 0 Å². The Kier molecular flexibility index (Phi) is 4.21. The lowest BCUT2D eigenvalue weighted by Crippen LogP contribution is -2.51. The smallest absolute Gasteiger partial charge is 0.305 e. The van der Waals surface area contributed by atoms with E-state index in [1.807, 2.05) is 0 Å². The fraction of sp³-hybridized carbons (Fsp3) is 0.917. The molecule has 0 spiro atoms. The molecular weight excluding hydrogens is 240 g/mol. The molecule has 2 fully saturated rings. The molecule has 1 N–H and O–H groups in total. The number of aliphatic hydroxyl groups is 1. The normalized spacial score (nSPS) is 39.4. The van der Waals surface area contributed by atoms with Crippen LogP contribution in [-0.2, 0) is 23.7 Å². The molecule has 6 heteroatoms. The van der Waals surface area contributed by atoms with Gasteiger partial charge in [0, 0.05) is 6.42 Å². The van der Waals surface area contributed by atoms with Crippen molar-refractivity contribution in [2.24, 2.45) is 0 Å². The molecular formula is C12H20O6. The summed E-state index contributed by atoms with van der Waals surface area (Å²) in [7, 11) is 0. The Bertz CT molecular complexity index is 307. The van der Waals surface area contributed by atoms with Crippen molar-refractivity contribution in [1.29, 1.82) is 0 Å². The molecule has 104 valence electrons. The van der Waals surface area contributed by atoms with E-state index >= 15 is 0 Å². The van der Waals surface area contributed by atoms with Gasteiger partial charge in [0.2, 0.25) is 0 Å². The van der Waals surface area contributed by atoms with Gasteiger partial charge in [0.15, 0.2) is 5.79 Å². The highest BCUT2D eigenvalue weighted by Crippen LogP contribution is 2.33. The molecule has 0 unspecified atom stereocenters. The maximum absolute atomic E-state index is 11.3. The first-order valence-corrected chi connectivity index (χ1v) is 6.31. The van der Waals surface area contributed by atoms with E-state index in [0.717, 1.165) is 0 Å². The Morgan fingerprint density at radius 1 is 1.50 bits per heavy atom. The number of ether oxygens (including phenoxy) is 4. The summed E-state index contributed by atoms with van der Waals surface area (Å²) in [5.74, 6) is -1.13. The molecule has 0 aliphatic carbocycles. The van der Waals surface area contributed by atoms with Gasteiger partial charge in [-0.3, -0.25) is 4.79 Å². The lowest BCUT2D eigenvalue weighted by atomic mass is 10.1. The molecule has 0 amide bonds. The summed E-state index contributed by atoms with van der Waals surface area (Å²) >= 11 is 0. The van der Waals surface area contributed by atoms with Crippen molar-refractivity contribution in [3.63, 3.8) is 0 Å². The highest BCUT2D eigenvalue weighted by Gasteiger charge is 2.47. The Morgan fingerprint density at radius 3 is 3.00 bits per heavy atom. The van der Waals surface area contributed by atoms with Gasteiger partial charge in [-0.15, -0.1) is 0 Å². The van der Waals surface area contributed by atoms with Crippen molar-refractivity contribution in [2.75, 3.05) is 19.8 Å². The molecule has 2 aliphatic heterocycles. The molecule has 4 atom stereocenters. The Hall–Kier alpha value is -0.690. The van der Waals surface area contributed by atoms with Crippen LogP contribution >= 0.6 is 0 Å². The minimum atomic E-state index is -0.859. The SMILES string of the molecule is CCOC(=O)CC[C@@]1(C)OC[C@@H]2OC[C@@H](O)[C@@H]2O1. The van der Waals surface area contributed by atoms with Gasteiger partial charge in [-0.1, -0.05) is 0 Å². The molecule has 0 aromatic rings. The highest BCUT2D eigenvalue weighted by molar-refractivity contribution is 5.69. The van der Waals surface area contributed by atoms with Crippen LogP contribution in [0, 0.1) is 0 Å². The first kappa shape index (κ1) is 13.7. The zero-order valence-corrected chi connectivity index (χ0v) is 10.8. The van der Waals surface area contributed by atoms with Crippen molar-refractivity contribution in [3.8, 4) is 0 Å². The summed E-state index contributed by atoms with van der Waals surface area (Å²) in [6.45, 7) is 4.56. The second-order valence-electron chi connectivity index (χ2n) is 4.77. The summed E-state index contributed by atoms with van der Waals surface area (Å²) in [6, 6.07) is 0. The molecule has 2 rings (SSSR count). The zero-order chi connectivity index (χ0) is 13.2. The summed E-state index contributed by atoms with van der Waals surface area (Å²) in [4.78, 5) is 11.3. The maximum atomic E-state index is 11.3. The number of esters is 1. The number of hydrogen-bond acceptors (Lipinski definition) is 6. The third-order valence-electron chi connectivity index (χ3n) is 3.25. The predicted octanol–water partition coefficient (Wildman–Crippen LogP) is 0.221. The van der Waals surface area contributed by atoms with E-state index in [1.54, 1.807) is 13.8 Å². The molecule has 6 nitrogen and oxygen atoms in total. The molecule has 0 aromatic carbocycles. The number of rotatable bonds is 4. The van der Waals surface area contributed by atoms with Gasteiger partial charge < -0.3 is 24.1 Å². The van der Waals surface area contributed by atoms with Gasteiger partial charge in [-0.05, 0) is 13.8 Å². The van der Waals surface area contributed by atoms with E-state index in [1.165, 1.54) is 0 Å². The predicted molar refractivity (Wildman–Crippen MR) is 60.8 cm³/mol. The molecule has 18 heavy (non-hydrogen) atoms. The van der Waals surface area contributed by atoms with Crippen molar-refractivity contribution in [1.82, 2.24) is 0 Å². The fourth-order valence-corrected chi connectivity index (χ4v) is 2.23. The standard InChI is InChI=1S/C12H20O6/c1-3-15-10(14)4-5-12(2)17-7-9-11(18-12)8(13)6-16-9/h8-9,11,13H,3-7H2,1-2H3/t8-,9+,11+,12+/m1/s1. The van der Waals surface area contributed by atoms with Crippen molar-refractivity contribution in [3.05, 3.63) is 0 Å². The van der Waals surface area contributed by atoms with Crippen LogP contribution in [0.2, 0.25) is 0 Å². The molecule has 2 aliphatic rings. The summed E-state index contributed by atoms with van der Waals surface area (Å²) < 4.78 is 21.5. The number of aliphatic hydroxyl groups excluding tert-OH is 1. The first-order valence-electron chi connectivity index (χ1n) is 6.31. The number of carbonyl (C=O) groups excluding carboxylic acids is 1. The second kappa shape index (κ2) is 5.52. The van der Waals surface area contributed by atoms with E-state index in [4.69, 9.17) is 18.9 Å².